The van der Waals surface area contributed by atoms with Gasteiger partial charge >= 0.3 is 17.8 Å². The summed E-state index contributed by atoms with van der Waals surface area (Å²) in [5, 5.41) is 3.77. The lowest BCUT2D eigenvalue weighted by Gasteiger charge is -2.34. The second-order valence-electron chi connectivity index (χ2n) is 6.24. The lowest BCUT2D eigenvalue weighted by molar-refractivity contribution is -0.207. The van der Waals surface area contributed by atoms with E-state index >= 15 is 0 Å². The zero-order valence-corrected chi connectivity index (χ0v) is 16.6. The number of amides is 1. The van der Waals surface area contributed by atoms with E-state index in [1.54, 1.807) is 25.1 Å². The Bertz CT molecular complexity index is 853. The van der Waals surface area contributed by atoms with Crippen molar-refractivity contribution >= 4 is 38.6 Å². The largest absolute Gasteiger partial charge is 0.463 e. The van der Waals surface area contributed by atoms with E-state index in [1.807, 2.05) is 12.2 Å². The van der Waals surface area contributed by atoms with Crippen molar-refractivity contribution in [1.29, 1.82) is 0 Å². The Hall–Kier alpha value is -2.36. The molecule has 0 bridgehead atoms. The molecule has 10 heteroatoms. The summed E-state index contributed by atoms with van der Waals surface area (Å²) in [5.74, 6) is -2.54. The number of halogens is 3. The number of rotatable bonds is 8. The number of unbranched alkanes of at least 4 members (excludes halogenated alkanes) is 1. The van der Waals surface area contributed by atoms with Crippen molar-refractivity contribution in [2.24, 2.45) is 0 Å². The summed E-state index contributed by atoms with van der Waals surface area (Å²) in [4.78, 5) is 28.6. The van der Waals surface area contributed by atoms with E-state index in [0.29, 0.717) is 23.1 Å². The maximum Gasteiger partial charge on any atom is 0.442 e. The number of esters is 1. The quantitative estimate of drug-likeness (QED) is 0.498. The first-order chi connectivity index (χ1) is 13.1. The fourth-order valence-corrected chi connectivity index (χ4v) is 3.50. The van der Waals surface area contributed by atoms with E-state index in [2.05, 4.69) is 15.0 Å². The van der Waals surface area contributed by atoms with Gasteiger partial charge in [0.1, 0.15) is 0 Å². The SMILES string of the molecule is CCCCC(=O)NC(Nc1nc2ccc(C)cc2s1)(C(=O)OCC)C(F)(F)F. The minimum absolute atomic E-state index is 0.144. The van der Waals surface area contributed by atoms with E-state index in [-0.39, 0.29) is 18.2 Å². The standard InChI is InChI=1S/C18H22F3N3O3S/c1-4-6-7-14(25)23-17(18(19,20)21,15(26)27-5-2)24-16-22-12-9-8-11(3)10-13(12)28-16/h8-10H,4-7H2,1-3H3,(H,22,24)(H,23,25). The number of benzene rings is 1. The first-order valence-corrected chi connectivity index (χ1v) is 9.65. The van der Waals surface area contributed by atoms with Gasteiger partial charge in [-0.05, 0) is 38.0 Å². The molecule has 0 radical (unpaired) electrons. The Morgan fingerprint density at radius 2 is 1.96 bits per heavy atom. The molecule has 1 amide bonds. The third-order valence-electron chi connectivity index (χ3n) is 3.93. The molecule has 1 aromatic carbocycles. The van der Waals surface area contributed by atoms with Crippen molar-refractivity contribution in [3.63, 3.8) is 0 Å². The van der Waals surface area contributed by atoms with Crippen molar-refractivity contribution in [2.75, 3.05) is 11.9 Å². The summed E-state index contributed by atoms with van der Waals surface area (Å²) >= 11 is 0.954. The average molecular weight is 417 g/mol. The third-order valence-corrected chi connectivity index (χ3v) is 4.86. The topological polar surface area (TPSA) is 80.3 Å². The van der Waals surface area contributed by atoms with Gasteiger partial charge in [-0.3, -0.25) is 4.79 Å². The smallest absolute Gasteiger partial charge is 0.442 e. The second kappa shape index (κ2) is 8.76. The number of hydrogen-bond donors (Lipinski definition) is 2. The van der Waals surface area contributed by atoms with Crippen LogP contribution in [0.1, 0.15) is 38.7 Å². The van der Waals surface area contributed by atoms with E-state index in [1.165, 1.54) is 6.92 Å². The molecule has 1 atom stereocenters. The van der Waals surface area contributed by atoms with Crippen LogP contribution in [0.3, 0.4) is 0 Å². The van der Waals surface area contributed by atoms with Crippen LogP contribution in [-0.4, -0.2) is 35.3 Å². The first-order valence-electron chi connectivity index (χ1n) is 8.83. The molecule has 0 spiro atoms. The second-order valence-corrected chi connectivity index (χ2v) is 7.27. The summed E-state index contributed by atoms with van der Waals surface area (Å²) in [5.41, 5.74) is -2.02. The Morgan fingerprint density at radius 1 is 1.25 bits per heavy atom. The van der Waals surface area contributed by atoms with Crippen molar-refractivity contribution in [1.82, 2.24) is 10.3 Å². The highest BCUT2D eigenvalue weighted by molar-refractivity contribution is 7.22. The minimum atomic E-state index is -5.16. The molecule has 2 aromatic rings. The Labute approximate surface area is 164 Å². The van der Waals surface area contributed by atoms with E-state index in [9.17, 15) is 22.8 Å². The van der Waals surface area contributed by atoms with Crippen LogP contribution >= 0.6 is 11.3 Å². The molecule has 1 aromatic heterocycles. The van der Waals surface area contributed by atoms with Gasteiger partial charge in [0.15, 0.2) is 5.13 Å². The molecule has 0 saturated carbocycles. The van der Waals surface area contributed by atoms with Gasteiger partial charge in [0.2, 0.25) is 5.91 Å². The van der Waals surface area contributed by atoms with Gasteiger partial charge in [-0.1, -0.05) is 30.7 Å². The summed E-state index contributed by atoms with van der Waals surface area (Å²) in [6.07, 6.45) is -4.29. The number of aromatic nitrogens is 1. The Morgan fingerprint density at radius 3 is 2.57 bits per heavy atom. The van der Waals surface area contributed by atoms with Crippen LogP contribution in [0.15, 0.2) is 18.2 Å². The first kappa shape index (κ1) is 21.9. The number of ether oxygens (including phenoxy) is 1. The maximum absolute atomic E-state index is 14.0. The molecule has 1 unspecified atom stereocenters. The van der Waals surface area contributed by atoms with E-state index in [0.717, 1.165) is 16.9 Å². The predicted molar refractivity (Wildman–Crippen MR) is 101 cm³/mol. The van der Waals surface area contributed by atoms with Crippen molar-refractivity contribution in [3.05, 3.63) is 23.8 Å². The number of nitrogens with zero attached hydrogens (tertiary/aromatic N) is 1. The number of carbonyl (C=O) groups is 2. The lowest BCUT2D eigenvalue weighted by Crippen LogP contribution is -2.69. The lowest BCUT2D eigenvalue weighted by atomic mass is 10.1. The van der Waals surface area contributed by atoms with Crippen LogP contribution in [-0.2, 0) is 14.3 Å². The van der Waals surface area contributed by atoms with Crippen LogP contribution in [0.5, 0.6) is 0 Å². The highest BCUT2D eigenvalue weighted by atomic mass is 32.1. The molecule has 1 heterocycles. The van der Waals surface area contributed by atoms with Gasteiger partial charge in [-0.2, -0.15) is 13.2 Å². The van der Waals surface area contributed by atoms with E-state index < -0.39 is 23.7 Å². The third kappa shape index (κ3) is 4.73. The molecule has 0 aliphatic carbocycles. The number of carbonyl (C=O) groups excluding carboxylic acids is 2. The summed E-state index contributed by atoms with van der Waals surface area (Å²) < 4.78 is 47.4. The number of fused-ring (bicyclic) bond motifs is 1. The molecule has 154 valence electrons. The maximum atomic E-state index is 14.0. The summed E-state index contributed by atoms with van der Waals surface area (Å²) in [7, 11) is 0. The zero-order valence-electron chi connectivity index (χ0n) is 15.8. The van der Waals surface area contributed by atoms with Gasteiger partial charge in [-0.25, -0.2) is 9.78 Å². The Balaban J connectivity index is 2.47. The molecule has 0 saturated heterocycles. The number of anilines is 1. The van der Waals surface area contributed by atoms with Crippen molar-refractivity contribution in [3.8, 4) is 0 Å². The van der Waals surface area contributed by atoms with Crippen molar-refractivity contribution in [2.45, 2.75) is 51.9 Å². The van der Waals surface area contributed by atoms with Gasteiger partial charge in [0, 0.05) is 6.42 Å². The highest BCUT2D eigenvalue weighted by Gasteiger charge is 2.64. The predicted octanol–water partition coefficient (Wildman–Crippen LogP) is 4.14. The molecular formula is C18H22F3N3O3S. The molecule has 2 rings (SSSR count). The van der Waals surface area contributed by atoms with Crippen LogP contribution in [0, 0.1) is 6.92 Å². The van der Waals surface area contributed by atoms with Gasteiger partial charge in [0.05, 0.1) is 16.8 Å². The molecule has 28 heavy (non-hydrogen) atoms. The van der Waals surface area contributed by atoms with Crippen LogP contribution in [0.2, 0.25) is 0 Å². The van der Waals surface area contributed by atoms with Crippen molar-refractivity contribution < 1.29 is 27.5 Å². The monoisotopic (exact) mass is 417 g/mol. The fraction of sp³-hybridized carbons (Fsp3) is 0.500. The number of thiazole rings is 1. The van der Waals surface area contributed by atoms with Gasteiger partial charge < -0.3 is 15.4 Å². The summed E-state index contributed by atoms with van der Waals surface area (Å²) in [6.45, 7) is 4.76. The fourth-order valence-electron chi connectivity index (χ4n) is 2.48. The highest BCUT2D eigenvalue weighted by Crippen LogP contribution is 2.36. The number of alkyl halides is 3. The molecule has 0 fully saturated rings. The van der Waals surface area contributed by atoms with Crippen LogP contribution < -0.4 is 10.6 Å². The average Bonchev–Trinajstić information content (AvgIpc) is 2.99. The normalized spacial score (nSPS) is 13.8. The number of nitrogens with one attached hydrogen (secondary N) is 2. The number of hydrogen-bond acceptors (Lipinski definition) is 6. The van der Waals surface area contributed by atoms with Crippen LogP contribution in [0.4, 0.5) is 18.3 Å². The Kier molecular flexibility index (Phi) is 6.87. The molecule has 6 nitrogen and oxygen atoms in total. The molecule has 0 aliphatic rings. The molecular weight excluding hydrogens is 395 g/mol. The molecule has 2 N–H and O–H groups in total. The van der Waals surface area contributed by atoms with Gasteiger partial charge in [-0.15, -0.1) is 0 Å². The van der Waals surface area contributed by atoms with E-state index in [4.69, 9.17) is 0 Å². The van der Waals surface area contributed by atoms with Crippen LogP contribution in [0.25, 0.3) is 10.2 Å². The summed E-state index contributed by atoms with van der Waals surface area (Å²) in [6, 6.07) is 5.23. The van der Waals surface area contributed by atoms with Gasteiger partial charge in [0.25, 0.3) is 0 Å². The molecule has 0 aliphatic heterocycles. The number of aryl methyl sites for hydroxylation is 1. The minimum Gasteiger partial charge on any atom is -0.463 e. The zero-order chi connectivity index (χ0) is 20.9.